The first-order valence-corrected chi connectivity index (χ1v) is 8.58. The van der Waals surface area contributed by atoms with Crippen LogP contribution in [0.15, 0.2) is 17.0 Å². The maximum absolute atomic E-state index is 12.9. The molecule has 1 atom stereocenters. The number of aryl methyl sites for hydroxylation is 1. The minimum atomic E-state index is -4.01. The SMILES string of the molecule is COC(=O)c1cc(C)c(C)c(S(=O)(=O)N2CCC[C@@H]2C(=O)O)c1. The highest BCUT2D eigenvalue weighted by Gasteiger charge is 2.40. The predicted molar refractivity (Wildman–Crippen MR) is 81.8 cm³/mol. The van der Waals surface area contributed by atoms with Crippen LogP contribution in [0.4, 0.5) is 0 Å². The third-order valence-corrected chi connectivity index (χ3v) is 6.15. The fraction of sp³-hybridized carbons (Fsp3) is 0.467. The molecule has 1 saturated heterocycles. The van der Waals surface area contributed by atoms with Crippen molar-refractivity contribution in [3.63, 3.8) is 0 Å². The minimum absolute atomic E-state index is 0.0500. The van der Waals surface area contributed by atoms with E-state index in [9.17, 15) is 23.1 Å². The van der Waals surface area contributed by atoms with E-state index in [1.807, 2.05) is 0 Å². The van der Waals surface area contributed by atoms with E-state index in [2.05, 4.69) is 4.74 Å². The lowest BCUT2D eigenvalue weighted by Crippen LogP contribution is -2.40. The Balaban J connectivity index is 2.57. The van der Waals surface area contributed by atoms with Gasteiger partial charge in [-0.05, 0) is 49.9 Å². The zero-order chi connectivity index (χ0) is 17.4. The molecule has 0 aromatic heterocycles. The molecule has 1 aromatic carbocycles. The summed E-state index contributed by atoms with van der Waals surface area (Å²) in [7, 11) is -2.79. The molecule has 1 fully saturated rings. The molecule has 23 heavy (non-hydrogen) atoms. The summed E-state index contributed by atoms with van der Waals surface area (Å²) >= 11 is 0. The van der Waals surface area contributed by atoms with E-state index in [0.717, 1.165) is 4.31 Å². The molecule has 1 aliphatic heterocycles. The van der Waals surface area contributed by atoms with Gasteiger partial charge in [-0.15, -0.1) is 0 Å². The summed E-state index contributed by atoms with van der Waals surface area (Å²) in [6.07, 6.45) is 0.772. The normalized spacial score (nSPS) is 18.8. The van der Waals surface area contributed by atoms with Crippen LogP contribution in [0.3, 0.4) is 0 Å². The summed E-state index contributed by atoms with van der Waals surface area (Å²) in [4.78, 5) is 23.0. The highest BCUT2D eigenvalue weighted by Crippen LogP contribution is 2.30. The number of carbonyl (C=O) groups is 2. The summed E-state index contributed by atoms with van der Waals surface area (Å²) in [5.74, 6) is -1.80. The Kier molecular flexibility index (Phi) is 4.76. The Bertz CT molecular complexity index is 755. The van der Waals surface area contributed by atoms with Crippen LogP contribution >= 0.6 is 0 Å². The van der Waals surface area contributed by atoms with Gasteiger partial charge in [0.15, 0.2) is 0 Å². The molecule has 7 nitrogen and oxygen atoms in total. The molecular formula is C15H19NO6S. The van der Waals surface area contributed by atoms with E-state index in [0.29, 0.717) is 17.5 Å². The van der Waals surface area contributed by atoms with Crippen molar-refractivity contribution in [2.45, 2.75) is 37.6 Å². The van der Waals surface area contributed by atoms with Crippen LogP contribution in [0.25, 0.3) is 0 Å². The number of carbonyl (C=O) groups excluding carboxylic acids is 1. The number of carboxylic acids is 1. The average molecular weight is 341 g/mol. The fourth-order valence-corrected chi connectivity index (χ4v) is 4.71. The number of hydrogen-bond acceptors (Lipinski definition) is 5. The molecule has 1 aliphatic rings. The lowest BCUT2D eigenvalue weighted by Gasteiger charge is -2.23. The molecule has 126 valence electrons. The van der Waals surface area contributed by atoms with Crippen LogP contribution < -0.4 is 0 Å². The summed E-state index contributed by atoms with van der Waals surface area (Å²) in [6.45, 7) is 3.48. The van der Waals surface area contributed by atoms with Gasteiger partial charge in [-0.25, -0.2) is 13.2 Å². The molecular weight excluding hydrogens is 322 g/mol. The van der Waals surface area contributed by atoms with Crippen molar-refractivity contribution in [1.29, 1.82) is 0 Å². The van der Waals surface area contributed by atoms with Gasteiger partial charge in [-0.1, -0.05) is 0 Å². The van der Waals surface area contributed by atoms with Crippen molar-refractivity contribution in [1.82, 2.24) is 4.31 Å². The highest BCUT2D eigenvalue weighted by molar-refractivity contribution is 7.89. The third-order valence-electron chi connectivity index (χ3n) is 4.12. The number of rotatable bonds is 4. The molecule has 1 aromatic rings. The van der Waals surface area contributed by atoms with E-state index in [-0.39, 0.29) is 23.4 Å². The molecule has 0 saturated carbocycles. The molecule has 0 bridgehead atoms. The fourth-order valence-electron chi connectivity index (χ4n) is 2.73. The van der Waals surface area contributed by atoms with Gasteiger partial charge >= 0.3 is 11.9 Å². The minimum Gasteiger partial charge on any atom is -0.480 e. The summed E-state index contributed by atoms with van der Waals surface area (Å²) < 4.78 is 31.4. The van der Waals surface area contributed by atoms with Gasteiger partial charge in [-0.3, -0.25) is 4.79 Å². The third kappa shape index (κ3) is 3.09. The number of benzene rings is 1. The van der Waals surface area contributed by atoms with Crippen molar-refractivity contribution in [3.05, 3.63) is 28.8 Å². The maximum atomic E-state index is 12.9. The highest BCUT2D eigenvalue weighted by atomic mass is 32.2. The standard InChI is InChI=1S/C15H19NO6S/c1-9-7-11(15(19)22-3)8-13(10(9)2)23(20,21)16-6-4-5-12(16)14(17)18/h7-8,12H,4-6H2,1-3H3,(H,17,18)/t12-/m1/s1. The lowest BCUT2D eigenvalue weighted by molar-refractivity contribution is -0.140. The lowest BCUT2D eigenvalue weighted by atomic mass is 10.1. The zero-order valence-electron chi connectivity index (χ0n) is 13.2. The second-order valence-electron chi connectivity index (χ2n) is 5.52. The van der Waals surface area contributed by atoms with E-state index in [1.54, 1.807) is 19.9 Å². The van der Waals surface area contributed by atoms with Crippen LogP contribution in [0.2, 0.25) is 0 Å². The van der Waals surface area contributed by atoms with Gasteiger partial charge in [0, 0.05) is 6.54 Å². The van der Waals surface area contributed by atoms with Crippen molar-refractivity contribution in [2.75, 3.05) is 13.7 Å². The molecule has 0 unspecified atom stereocenters. The number of esters is 1. The molecule has 1 heterocycles. The maximum Gasteiger partial charge on any atom is 0.337 e. The van der Waals surface area contributed by atoms with Crippen LogP contribution in [0.5, 0.6) is 0 Å². The van der Waals surface area contributed by atoms with E-state index >= 15 is 0 Å². The Morgan fingerprint density at radius 1 is 1.30 bits per heavy atom. The molecule has 0 amide bonds. The topological polar surface area (TPSA) is 101 Å². The first kappa shape index (κ1) is 17.4. The first-order valence-electron chi connectivity index (χ1n) is 7.14. The van der Waals surface area contributed by atoms with Gasteiger partial charge in [0.25, 0.3) is 0 Å². The van der Waals surface area contributed by atoms with Gasteiger partial charge < -0.3 is 9.84 Å². The number of hydrogen-bond donors (Lipinski definition) is 1. The predicted octanol–water partition coefficient (Wildman–Crippen LogP) is 1.33. The van der Waals surface area contributed by atoms with Crippen molar-refractivity contribution in [2.24, 2.45) is 0 Å². The Morgan fingerprint density at radius 3 is 2.52 bits per heavy atom. The van der Waals surface area contributed by atoms with Gasteiger partial charge in [-0.2, -0.15) is 4.31 Å². The van der Waals surface area contributed by atoms with E-state index in [4.69, 9.17) is 0 Å². The van der Waals surface area contributed by atoms with Crippen LogP contribution in [-0.4, -0.2) is 49.5 Å². The number of methoxy groups -OCH3 is 1. The quantitative estimate of drug-likeness (QED) is 0.829. The second-order valence-corrected chi connectivity index (χ2v) is 7.38. The van der Waals surface area contributed by atoms with Gasteiger partial charge in [0.2, 0.25) is 10.0 Å². The molecule has 8 heteroatoms. The molecule has 0 aliphatic carbocycles. The molecule has 2 rings (SSSR count). The van der Waals surface area contributed by atoms with Crippen LogP contribution in [0.1, 0.15) is 34.3 Å². The van der Waals surface area contributed by atoms with Crippen molar-refractivity contribution >= 4 is 22.0 Å². The summed E-state index contributed by atoms with van der Waals surface area (Å²) in [5, 5.41) is 9.22. The molecule has 0 spiro atoms. The smallest absolute Gasteiger partial charge is 0.337 e. The van der Waals surface area contributed by atoms with Crippen molar-refractivity contribution in [3.8, 4) is 0 Å². The Hall–Kier alpha value is -1.93. The Labute approximate surface area is 134 Å². The van der Waals surface area contributed by atoms with Crippen LogP contribution in [0, 0.1) is 13.8 Å². The first-order chi connectivity index (χ1) is 10.7. The largest absolute Gasteiger partial charge is 0.480 e. The average Bonchev–Trinajstić information content (AvgIpc) is 2.99. The molecule has 1 N–H and O–H groups in total. The van der Waals surface area contributed by atoms with E-state index in [1.165, 1.54) is 13.2 Å². The Morgan fingerprint density at radius 2 is 1.96 bits per heavy atom. The number of aliphatic carboxylic acids is 1. The number of sulfonamides is 1. The summed E-state index contributed by atoms with van der Waals surface area (Å²) in [5.41, 5.74) is 1.24. The number of carboxylic acid groups (broad SMARTS) is 1. The van der Waals surface area contributed by atoms with E-state index < -0.39 is 28.0 Å². The van der Waals surface area contributed by atoms with Gasteiger partial charge in [0.05, 0.1) is 17.6 Å². The monoisotopic (exact) mass is 341 g/mol. The second kappa shape index (κ2) is 6.29. The molecule has 0 radical (unpaired) electrons. The number of nitrogens with zero attached hydrogens (tertiary/aromatic N) is 1. The van der Waals surface area contributed by atoms with Crippen LogP contribution in [-0.2, 0) is 19.6 Å². The van der Waals surface area contributed by atoms with Gasteiger partial charge in [0.1, 0.15) is 6.04 Å². The summed E-state index contributed by atoms with van der Waals surface area (Å²) in [6, 6.07) is 1.74. The zero-order valence-corrected chi connectivity index (χ0v) is 14.0. The van der Waals surface area contributed by atoms with Crippen molar-refractivity contribution < 1.29 is 27.9 Å². The number of ether oxygens (including phenoxy) is 1.